The lowest BCUT2D eigenvalue weighted by molar-refractivity contribution is 0.0197. The minimum Gasteiger partial charge on any atom is -0.444 e. The van der Waals surface area contributed by atoms with Crippen LogP contribution in [-0.2, 0) is 4.74 Å². The molecule has 2 aromatic heterocycles. The van der Waals surface area contributed by atoms with E-state index in [2.05, 4.69) is 15.3 Å². The molecule has 1 N–H and O–H groups in total. The average Bonchev–Trinajstić information content (AvgIpc) is 2.78. The highest BCUT2D eigenvalue weighted by Gasteiger charge is 2.29. The van der Waals surface area contributed by atoms with E-state index in [1.165, 1.54) is 12.4 Å². The van der Waals surface area contributed by atoms with Crippen LogP contribution in [-0.4, -0.2) is 44.6 Å². The topological polar surface area (TPSA) is 80.2 Å². The summed E-state index contributed by atoms with van der Waals surface area (Å²) < 4.78 is 33.4. The van der Waals surface area contributed by atoms with E-state index in [9.17, 15) is 13.6 Å². The third-order valence-corrected chi connectivity index (χ3v) is 5.63. The lowest BCUT2D eigenvalue weighted by Gasteiger charge is -2.34. The van der Waals surface area contributed by atoms with E-state index in [1.54, 1.807) is 4.90 Å². The van der Waals surface area contributed by atoms with E-state index >= 15 is 0 Å². The van der Waals surface area contributed by atoms with E-state index in [0.29, 0.717) is 24.1 Å². The summed E-state index contributed by atoms with van der Waals surface area (Å²) in [6.45, 7) is 6.61. The Morgan fingerprint density at radius 1 is 1.21 bits per heavy atom. The smallest absolute Gasteiger partial charge is 0.410 e. The summed E-state index contributed by atoms with van der Waals surface area (Å²) in [7, 11) is 0. The average molecular weight is 476 g/mol. The van der Waals surface area contributed by atoms with E-state index in [4.69, 9.17) is 21.3 Å². The molecule has 174 valence electrons. The molecule has 0 saturated carbocycles. The standard InChI is InChI=1S/C23H24ClF2N5O2/c1-23(2,3)33-22(32)31-10-4-5-13(11-31)15-8-9-17-20(29-15)21(28-12-27-17)30-16-7-6-14(25)18(24)19(16)26/h6-9,12-13H,4-5,10-11H2,1-3H3,(H,27,28,30)/t13-/m0/s1. The van der Waals surface area contributed by atoms with Gasteiger partial charge in [-0.15, -0.1) is 0 Å². The third kappa shape index (κ3) is 5.13. The number of amides is 1. The molecule has 1 amide bonds. The number of benzene rings is 1. The van der Waals surface area contributed by atoms with Crippen molar-refractivity contribution in [1.29, 1.82) is 0 Å². The second-order valence-electron chi connectivity index (χ2n) is 8.94. The Hall–Kier alpha value is -3.07. The molecule has 0 unspecified atom stereocenters. The number of carbonyl (C=O) groups excluding carboxylic acids is 1. The van der Waals surface area contributed by atoms with Gasteiger partial charge in [-0.1, -0.05) is 11.6 Å². The predicted molar refractivity (Wildman–Crippen MR) is 122 cm³/mol. The van der Waals surface area contributed by atoms with Crippen LogP contribution in [0.2, 0.25) is 5.02 Å². The quantitative estimate of drug-likeness (QED) is 0.481. The van der Waals surface area contributed by atoms with Gasteiger partial charge in [0.2, 0.25) is 0 Å². The van der Waals surface area contributed by atoms with Crippen LogP contribution in [0.5, 0.6) is 0 Å². The van der Waals surface area contributed by atoms with Crippen LogP contribution in [0.4, 0.5) is 25.1 Å². The molecular weight excluding hydrogens is 452 g/mol. The molecule has 3 aromatic rings. The van der Waals surface area contributed by atoms with Crippen molar-refractivity contribution in [3.8, 4) is 0 Å². The number of likely N-dealkylation sites (tertiary alicyclic amines) is 1. The van der Waals surface area contributed by atoms with Crippen LogP contribution in [0.1, 0.15) is 45.2 Å². The van der Waals surface area contributed by atoms with Gasteiger partial charge in [-0.05, 0) is 57.9 Å². The fourth-order valence-corrected chi connectivity index (χ4v) is 3.90. The number of pyridine rings is 1. The number of aromatic nitrogens is 3. The molecule has 0 spiro atoms. The molecule has 1 aliphatic rings. The van der Waals surface area contributed by atoms with Crippen LogP contribution in [0.25, 0.3) is 11.0 Å². The van der Waals surface area contributed by atoms with Crippen LogP contribution in [0.15, 0.2) is 30.6 Å². The molecule has 0 radical (unpaired) electrons. The van der Waals surface area contributed by atoms with Crippen molar-refractivity contribution < 1.29 is 18.3 Å². The highest BCUT2D eigenvalue weighted by Crippen LogP contribution is 2.31. The Morgan fingerprint density at radius 2 is 2.00 bits per heavy atom. The monoisotopic (exact) mass is 475 g/mol. The minimum atomic E-state index is -0.917. The number of hydrogen-bond donors (Lipinski definition) is 1. The number of fused-ring (bicyclic) bond motifs is 1. The molecule has 0 aliphatic carbocycles. The van der Waals surface area contributed by atoms with Crippen molar-refractivity contribution in [1.82, 2.24) is 19.9 Å². The summed E-state index contributed by atoms with van der Waals surface area (Å²) in [4.78, 5) is 27.4. The summed E-state index contributed by atoms with van der Waals surface area (Å²) in [5, 5.41) is 2.24. The van der Waals surface area contributed by atoms with Gasteiger partial charge < -0.3 is 15.0 Å². The maximum Gasteiger partial charge on any atom is 0.410 e. The van der Waals surface area contributed by atoms with Crippen LogP contribution in [0, 0.1) is 11.6 Å². The first-order chi connectivity index (χ1) is 15.6. The van der Waals surface area contributed by atoms with Gasteiger partial charge in [0, 0.05) is 24.7 Å². The number of anilines is 2. The first-order valence-corrected chi connectivity index (χ1v) is 11.0. The van der Waals surface area contributed by atoms with Gasteiger partial charge in [0.1, 0.15) is 28.3 Å². The van der Waals surface area contributed by atoms with Gasteiger partial charge in [-0.3, -0.25) is 0 Å². The Morgan fingerprint density at radius 3 is 2.76 bits per heavy atom. The number of nitrogens with one attached hydrogen (secondary N) is 1. The van der Waals surface area contributed by atoms with Crippen molar-refractivity contribution in [3.63, 3.8) is 0 Å². The fourth-order valence-electron chi connectivity index (χ4n) is 3.73. The molecule has 3 heterocycles. The number of ether oxygens (including phenoxy) is 1. The molecule has 4 rings (SSSR count). The lowest BCUT2D eigenvalue weighted by Crippen LogP contribution is -2.42. The lowest BCUT2D eigenvalue weighted by atomic mass is 9.94. The number of rotatable bonds is 3. The maximum atomic E-state index is 14.4. The van der Waals surface area contributed by atoms with E-state index < -0.39 is 22.3 Å². The summed E-state index contributed by atoms with van der Waals surface area (Å²) in [6.07, 6.45) is 2.66. The zero-order valence-electron chi connectivity index (χ0n) is 18.5. The molecule has 10 heteroatoms. The van der Waals surface area contributed by atoms with Gasteiger partial charge in [0.25, 0.3) is 0 Å². The van der Waals surface area contributed by atoms with Crippen LogP contribution >= 0.6 is 11.6 Å². The Bertz CT molecular complexity index is 1200. The zero-order valence-corrected chi connectivity index (χ0v) is 19.3. The minimum absolute atomic E-state index is 0.000672. The normalized spacial score (nSPS) is 16.7. The SMILES string of the molecule is CC(C)(C)OC(=O)N1CCC[C@H](c2ccc3ncnc(Nc4ccc(F)c(Cl)c4F)c3n2)C1. The Labute approximate surface area is 195 Å². The van der Waals surface area contributed by atoms with E-state index in [-0.39, 0.29) is 23.5 Å². The first kappa shape index (κ1) is 23.1. The largest absolute Gasteiger partial charge is 0.444 e. The van der Waals surface area contributed by atoms with Gasteiger partial charge in [-0.2, -0.15) is 0 Å². The van der Waals surface area contributed by atoms with Crippen LogP contribution < -0.4 is 5.32 Å². The van der Waals surface area contributed by atoms with Crippen molar-refractivity contribution in [3.05, 3.63) is 52.9 Å². The zero-order chi connectivity index (χ0) is 23.8. The van der Waals surface area contributed by atoms with Gasteiger partial charge in [-0.25, -0.2) is 28.5 Å². The van der Waals surface area contributed by atoms with Crippen molar-refractivity contribution in [2.75, 3.05) is 18.4 Å². The number of piperidine rings is 1. The number of hydrogen-bond acceptors (Lipinski definition) is 6. The number of nitrogens with zero attached hydrogens (tertiary/aromatic N) is 4. The Balaban J connectivity index is 1.62. The molecule has 33 heavy (non-hydrogen) atoms. The molecule has 7 nitrogen and oxygen atoms in total. The van der Waals surface area contributed by atoms with Crippen molar-refractivity contribution in [2.45, 2.75) is 45.1 Å². The molecule has 1 saturated heterocycles. The maximum absolute atomic E-state index is 14.4. The number of halogens is 3. The summed E-state index contributed by atoms with van der Waals surface area (Å²) in [5.41, 5.74) is 1.17. The van der Waals surface area contributed by atoms with E-state index in [0.717, 1.165) is 24.6 Å². The summed E-state index contributed by atoms with van der Waals surface area (Å²) >= 11 is 5.69. The molecule has 0 bridgehead atoms. The third-order valence-electron chi connectivity index (χ3n) is 5.28. The molecule has 1 aliphatic heterocycles. The van der Waals surface area contributed by atoms with Gasteiger partial charge in [0.05, 0.1) is 11.2 Å². The van der Waals surface area contributed by atoms with Crippen LogP contribution in [0.3, 0.4) is 0 Å². The Kier molecular flexibility index (Phi) is 6.34. The van der Waals surface area contributed by atoms with Gasteiger partial charge in [0.15, 0.2) is 11.6 Å². The van der Waals surface area contributed by atoms with Crippen molar-refractivity contribution in [2.24, 2.45) is 0 Å². The summed E-state index contributed by atoms with van der Waals surface area (Å²) in [5.74, 6) is -1.50. The highest BCUT2D eigenvalue weighted by atomic mass is 35.5. The van der Waals surface area contributed by atoms with Crippen molar-refractivity contribution >= 4 is 40.2 Å². The fraction of sp³-hybridized carbons (Fsp3) is 0.391. The second kappa shape index (κ2) is 9.05. The number of carbonyl (C=O) groups is 1. The van der Waals surface area contributed by atoms with Gasteiger partial charge >= 0.3 is 6.09 Å². The molecule has 1 fully saturated rings. The summed E-state index contributed by atoms with van der Waals surface area (Å²) in [6, 6.07) is 6.00. The molecule has 1 aromatic carbocycles. The molecular formula is C23H24ClF2N5O2. The highest BCUT2D eigenvalue weighted by molar-refractivity contribution is 6.31. The second-order valence-corrected chi connectivity index (χ2v) is 9.32. The predicted octanol–water partition coefficient (Wildman–Crippen LogP) is 5.81. The first-order valence-electron chi connectivity index (χ1n) is 10.6. The van der Waals surface area contributed by atoms with E-state index in [1.807, 2.05) is 32.9 Å². The molecule has 1 atom stereocenters.